The first-order valence-electron chi connectivity index (χ1n) is 6.44. The van der Waals surface area contributed by atoms with E-state index in [1.807, 2.05) is 0 Å². The molecule has 4 nitrogen and oxygen atoms in total. The van der Waals surface area contributed by atoms with Crippen molar-refractivity contribution >= 4 is 19.8 Å². The van der Waals surface area contributed by atoms with Gasteiger partial charge in [-0.05, 0) is 31.4 Å². The van der Waals surface area contributed by atoms with Gasteiger partial charge in [0.1, 0.15) is 0 Å². The fourth-order valence-electron chi connectivity index (χ4n) is 2.11. The first-order chi connectivity index (χ1) is 10.1. The van der Waals surface area contributed by atoms with Crippen molar-refractivity contribution in [3.8, 4) is 0 Å². The molecular weight excluding hydrogens is 339 g/mol. The first-order valence-corrected chi connectivity index (χ1v) is 9.57. The third kappa shape index (κ3) is 3.70. The van der Waals surface area contributed by atoms with Gasteiger partial charge in [-0.3, -0.25) is 0 Å². The van der Waals surface area contributed by atoms with Gasteiger partial charge in [0.15, 0.2) is 0 Å². The molecule has 1 atom stereocenters. The smallest absolute Gasteiger partial charge is 0.243 e. The number of rotatable bonds is 4. The number of nitrogens with zero attached hydrogens (tertiary/aromatic N) is 1. The number of benzene rings is 1. The Morgan fingerprint density at radius 3 is 2.23 bits per heavy atom. The summed E-state index contributed by atoms with van der Waals surface area (Å²) in [6.07, 6.45) is 3.92. The van der Waals surface area contributed by atoms with E-state index in [2.05, 4.69) is 3.77 Å². The minimum atomic E-state index is -5.82. The SMILES string of the molecule is O=S(=O)(N=S(=O)(CC1=CCCC1)c1ccccc1)C(F)(F)F. The molecule has 1 unspecified atom stereocenters. The van der Waals surface area contributed by atoms with Crippen molar-refractivity contribution in [3.05, 3.63) is 42.0 Å². The molecule has 0 heterocycles. The maximum atomic E-state index is 12.9. The van der Waals surface area contributed by atoms with Crippen LogP contribution in [0.15, 0.2) is 50.6 Å². The summed E-state index contributed by atoms with van der Waals surface area (Å²) in [6.45, 7) is 0. The van der Waals surface area contributed by atoms with Crippen LogP contribution in [0.5, 0.6) is 0 Å². The summed E-state index contributed by atoms with van der Waals surface area (Å²) >= 11 is 0. The van der Waals surface area contributed by atoms with Crippen LogP contribution in [0.3, 0.4) is 0 Å². The van der Waals surface area contributed by atoms with Crippen LogP contribution in [0.4, 0.5) is 13.2 Å². The zero-order chi connectivity index (χ0) is 16.4. The molecule has 1 aliphatic carbocycles. The highest BCUT2D eigenvalue weighted by Crippen LogP contribution is 2.30. The van der Waals surface area contributed by atoms with Crippen molar-refractivity contribution in [2.45, 2.75) is 29.7 Å². The Balaban J connectivity index is 2.59. The molecule has 0 aromatic heterocycles. The van der Waals surface area contributed by atoms with Crippen molar-refractivity contribution in [2.75, 3.05) is 5.75 Å². The lowest BCUT2D eigenvalue weighted by Gasteiger charge is -2.12. The summed E-state index contributed by atoms with van der Waals surface area (Å²) in [5.74, 6) is -0.299. The van der Waals surface area contributed by atoms with Crippen molar-refractivity contribution in [1.82, 2.24) is 0 Å². The van der Waals surface area contributed by atoms with E-state index in [1.54, 1.807) is 12.1 Å². The van der Waals surface area contributed by atoms with Crippen molar-refractivity contribution < 1.29 is 25.8 Å². The topological polar surface area (TPSA) is 63.6 Å². The van der Waals surface area contributed by atoms with Crippen LogP contribution >= 0.6 is 0 Å². The van der Waals surface area contributed by atoms with Gasteiger partial charge in [0.2, 0.25) is 0 Å². The zero-order valence-electron chi connectivity index (χ0n) is 11.4. The fourth-order valence-corrected chi connectivity index (χ4v) is 5.78. The van der Waals surface area contributed by atoms with Crippen LogP contribution in [0.25, 0.3) is 0 Å². The van der Waals surface area contributed by atoms with E-state index in [0.29, 0.717) is 12.0 Å². The second-order valence-electron chi connectivity index (χ2n) is 4.85. The Morgan fingerprint density at radius 1 is 1.09 bits per heavy atom. The molecule has 9 heteroatoms. The van der Waals surface area contributed by atoms with Gasteiger partial charge in [-0.2, -0.15) is 21.6 Å². The first kappa shape index (κ1) is 17.0. The summed E-state index contributed by atoms with van der Waals surface area (Å²) in [4.78, 5) is -0.0179. The largest absolute Gasteiger partial charge is 0.519 e. The van der Waals surface area contributed by atoms with E-state index >= 15 is 0 Å². The summed E-state index contributed by atoms with van der Waals surface area (Å²) in [5.41, 5.74) is -4.89. The minimum absolute atomic E-state index is 0.0179. The molecule has 0 aliphatic heterocycles. The Hall–Kier alpha value is -1.35. The molecule has 1 aliphatic rings. The van der Waals surface area contributed by atoms with Gasteiger partial charge in [-0.25, -0.2) is 4.21 Å². The lowest BCUT2D eigenvalue weighted by atomic mass is 10.3. The number of hydrogen-bond donors (Lipinski definition) is 0. The fraction of sp³-hybridized carbons (Fsp3) is 0.385. The molecule has 122 valence electrons. The highest BCUT2D eigenvalue weighted by molar-refractivity contribution is 8.03. The van der Waals surface area contributed by atoms with Crippen molar-refractivity contribution in [2.24, 2.45) is 3.77 Å². The lowest BCUT2D eigenvalue weighted by molar-refractivity contribution is -0.0434. The quantitative estimate of drug-likeness (QED) is 0.779. The lowest BCUT2D eigenvalue weighted by Crippen LogP contribution is -2.23. The normalized spacial score (nSPS) is 18.6. The van der Waals surface area contributed by atoms with Crippen molar-refractivity contribution in [3.63, 3.8) is 0 Å². The molecule has 0 saturated carbocycles. The number of allylic oxidation sites excluding steroid dienone is 1. The Morgan fingerprint density at radius 2 is 1.73 bits per heavy atom. The molecule has 0 N–H and O–H groups in total. The Labute approximate surface area is 127 Å². The predicted octanol–water partition coefficient (Wildman–Crippen LogP) is 3.47. The molecule has 0 bridgehead atoms. The van der Waals surface area contributed by atoms with Crippen LogP contribution in [0.2, 0.25) is 0 Å². The van der Waals surface area contributed by atoms with E-state index < -0.39 is 25.3 Å². The average molecular weight is 353 g/mol. The molecule has 1 aromatic carbocycles. The Bertz CT molecular complexity index is 790. The number of halogens is 3. The van der Waals surface area contributed by atoms with Crippen LogP contribution in [-0.4, -0.2) is 23.9 Å². The molecule has 0 radical (unpaired) electrons. The summed E-state index contributed by atoms with van der Waals surface area (Å²) < 4.78 is 76.1. The molecular formula is C13H14F3NO3S2. The van der Waals surface area contributed by atoms with Gasteiger partial charge >= 0.3 is 15.5 Å². The molecule has 2 rings (SSSR count). The third-order valence-corrected chi connectivity index (χ3v) is 7.24. The molecule has 0 saturated heterocycles. The maximum absolute atomic E-state index is 12.9. The minimum Gasteiger partial charge on any atom is -0.243 e. The van der Waals surface area contributed by atoms with Gasteiger partial charge in [-0.1, -0.05) is 33.6 Å². The van der Waals surface area contributed by atoms with Crippen LogP contribution in [-0.2, 0) is 19.8 Å². The van der Waals surface area contributed by atoms with E-state index in [1.165, 1.54) is 24.3 Å². The highest BCUT2D eigenvalue weighted by Gasteiger charge is 2.47. The summed E-state index contributed by atoms with van der Waals surface area (Å²) in [6, 6.07) is 7.21. The average Bonchev–Trinajstić information content (AvgIpc) is 2.90. The number of hydrogen-bond acceptors (Lipinski definition) is 3. The molecule has 0 amide bonds. The van der Waals surface area contributed by atoms with Crippen LogP contribution in [0.1, 0.15) is 19.3 Å². The number of alkyl halides is 3. The Kier molecular flexibility index (Phi) is 4.67. The molecule has 0 spiro atoms. The second kappa shape index (κ2) is 6.04. The summed E-state index contributed by atoms with van der Waals surface area (Å²) in [5, 5.41) is 0. The highest BCUT2D eigenvalue weighted by atomic mass is 32.3. The van der Waals surface area contributed by atoms with E-state index in [4.69, 9.17) is 0 Å². The van der Waals surface area contributed by atoms with Gasteiger partial charge in [0.25, 0.3) is 0 Å². The van der Waals surface area contributed by atoms with Gasteiger partial charge in [0, 0.05) is 4.90 Å². The van der Waals surface area contributed by atoms with E-state index in [9.17, 15) is 25.8 Å². The van der Waals surface area contributed by atoms with Crippen molar-refractivity contribution in [1.29, 1.82) is 0 Å². The standard InChI is InChI=1S/C13H14F3NO3S2/c14-13(15,16)22(19,20)17-21(18,10-11-6-4-5-7-11)12-8-2-1-3-9-12/h1-3,6,8-9H,4-5,7,10H2. The van der Waals surface area contributed by atoms with E-state index in [-0.39, 0.29) is 10.6 Å². The number of sulfonamides is 1. The predicted molar refractivity (Wildman–Crippen MR) is 77.1 cm³/mol. The third-order valence-electron chi connectivity index (χ3n) is 3.14. The zero-order valence-corrected chi connectivity index (χ0v) is 13.0. The van der Waals surface area contributed by atoms with E-state index in [0.717, 1.165) is 12.8 Å². The second-order valence-corrected chi connectivity index (χ2v) is 8.90. The van der Waals surface area contributed by atoms with Crippen LogP contribution < -0.4 is 0 Å². The van der Waals surface area contributed by atoms with Gasteiger partial charge < -0.3 is 0 Å². The molecule has 0 fully saturated rings. The monoisotopic (exact) mass is 353 g/mol. The van der Waals surface area contributed by atoms with Gasteiger partial charge in [-0.15, -0.1) is 0 Å². The van der Waals surface area contributed by atoms with Crippen LogP contribution in [0, 0.1) is 0 Å². The molecule has 22 heavy (non-hydrogen) atoms. The van der Waals surface area contributed by atoms with Gasteiger partial charge in [0.05, 0.1) is 15.5 Å². The maximum Gasteiger partial charge on any atom is 0.519 e. The molecule has 1 aromatic rings. The summed E-state index contributed by atoms with van der Waals surface area (Å²) in [7, 11) is -9.57.